The number of amides is 1. The Hall–Kier alpha value is -0.810. The van der Waals surface area contributed by atoms with Crippen LogP contribution in [0.1, 0.15) is 240 Å². The van der Waals surface area contributed by atoms with Gasteiger partial charge in [-0.3, -0.25) is 15.5 Å². The van der Waals surface area contributed by atoms with E-state index in [1.54, 1.807) is 4.90 Å². The highest BCUT2D eigenvalue weighted by molar-refractivity contribution is 5.67. The lowest BCUT2D eigenvalue weighted by Crippen LogP contribution is -2.46. The highest BCUT2D eigenvalue weighted by Crippen LogP contribution is 2.15. The van der Waals surface area contributed by atoms with E-state index in [4.69, 9.17) is 4.74 Å². The van der Waals surface area contributed by atoms with Crippen molar-refractivity contribution in [1.82, 2.24) is 15.5 Å². The number of nitrogens with zero attached hydrogens (tertiary/aromatic N) is 1. The van der Waals surface area contributed by atoms with Gasteiger partial charge in [-0.25, -0.2) is 4.79 Å². The molecular formula is C43H89N3O2. The fourth-order valence-electron chi connectivity index (χ4n) is 6.54. The fourth-order valence-corrected chi connectivity index (χ4v) is 6.54. The Balaban J connectivity index is 3.73. The molecule has 5 nitrogen and oxygen atoms in total. The Morgan fingerprint density at radius 2 is 0.646 bits per heavy atom. The number of hydrogen-bond acceptors (Lipinski definition) is 4. The van der Waals surface area contributed by atoms with E-state index in [-0.39, 0.29) is 6.09 Å². The van der Waals surface area contributed by atoms with Gasteiger partial charge in [0, 0.05) is 0 Å². The maximum atomic E-state index is 12.8. The summed E-state index contributed by atoms with van der Waals surface area (Å²) in [6.07, 6.45) is 44.2. The summed E-state index contributed by atoms with van der Waals surface area (Å²) in [4.78, 5) is 14.6. The molecule has 1 amide bonds. The third-order valence-corrected chi connectivity index (χ3v) is 9.67. The molecule has 288 valence electrons. The molecule has 48 heavy (non-hydrogen) atoms. The molecule has 0 saturated heterocycles. The topological polar surface area (TPSA) is 53.6 Å². The van der Waals surface area contributed by atoms with Crippen LogP contribution in [0.15, 0.2) is 0 Å². The summed E-state index contributed by atoms with van der Waals surface area (Å²) in [6.45, 7) is 13.4. The molecule has 0 radical (unpaired) electrons. The molecule has 0 heterocycles. The van der Waals surface area contributed by atoms with Crippen LogP contribution in [-0.2, 0) is 4.74 Å². The predicted molar refractivity (Wildman–Crippen MR) is 213 cm³/mol. The van der Waals surface area contributed by atoms with E-state index in [0.29, 0.717) is 13.3 Å². The second-order valence-corrected chi connectivity index (χ2v) is 15.9. The molecule has 0 rings (SSSR count). The summed E-state index contributed by atoms with van der Waals surface area (Å²) in [6, 6.07) is 0. The number of carbonyl (C=O) groups excluding carboxylic acids is 1. The van der Waals surface area contributed by atoms with Gasteiger partial charge in [0.25, 0.3) is 0 Å². The molecule has 5 heteroatoms. The molecule has 0 aliphatic rings. The van der Waals surface area contributed by atoms with Crippen LogP contribution in [-0.4, -0.2) is 43.0 Å². The SMILES string of the molecule is CCCCCCCCCCCCCCCCCCNCN(CNCCCCCCCCCCCCCCCCCC)C(=O)OC(C)(C)C. The molecule has 0 bridgehead atoms. The molecule has 0 fully saturated rings. The Morgan fingerprint density at radius 1 is 0.417 bits per heavy atom. The van der Waals surface area contributed by atoms with Crippen molar-refractivity contribution in [3.63, 3.8) is 0 Å². The van der Waals surface area contributed by atoms with Gasteiger partial charge in [0.2, 0.25) is 0 Å². The van der Waals surface area contributed by atoms with E-state index in [1.807, 2.05) is 20.8 Å². The smallest absolute Gasteiger partial charge is 0.412 e. The van der Waals surface area contributed by atoms with Crippen LogP contribution < -0.4 is 10.6 Å². The Morgan fingerprint density at radius 3 is 0.875 bits per heavy atom. The molecule has 2 N–H and O–H groups in total. The summed E-state index contributed by atoms with van der Waals surface area (Å²) in [5.41, 5.74) is -0.475. The quantitative estimate of drug-likeness (QED) is 0.0504. The summed E-state index contributed by atoms with van der Waals surface area (Å²) in [5.74, 6) is 0. The molecule has 0 aromatic rings. The first-order chi connectivity index (χ1) is 23.4. The Bertz CT molecular complexity index is 596. The third-order valence-electron chi connectivity index (χ3n) is 9.67. The minimum Gasteiger partial charge on any atom is -0.444 e. The van der Waals surface area contributed by atoms with Crippen molar-refractivity contribution in [3.8, 4) is 0 Å². The summed E-state index contributed by atoms with van der Waals surface area (Å²) in [7, 11) is 0. The van der Waals surface area contributed by atoms with Crippen molar-refractivity contribution >= 4 is 6.09 Å². The molecule has 0 aliphatic heterocycles. The maximum Gasteiger partial charge on any atom is 0.412 e. The monoisotopic (exact) mass is 680 g/mol. The number of unbranched alkanes of at least 4 members (excludes halogenated alkanes) is 30. The largest absolute Gasteiger partial charge is 0.444 e. The molecule has 0 aromatic carbocycles. The first kappa shape index (κ1) is 47.2. The predicted octanol–water partition coefficient (Wildman–Crippen LogP) is 13.8. The van der Waals surface area contributed by atoms with E-state index in [0.717, 1.165) is 13.1 Å². The number of rotatable bonds is 38. The standard InChI is InChI=1S/C43H89N3O2/c1-6-8-10-12-14-16-18-20-22-24-26-28-30-32-34-36-38-44-40-46(42(47)48-43(3,4)5)41-45-39-37-35-33-31-29-27-25-23-21-19-17-15-13-11-9-7-2/h44-45H,6-41H2,1-5H3. The molecule has 0 saturated carbocycles. The molecule has 0 atom stereocenters. The van der Waals surface area contributed by atoms with Crippen LogP contribution in [0.25, 0.3) is 0 Å². The van der Waals surface area contributed by atoms with E-state index >= 15 is 0 Å². The summed E-state index contributed by atoms with van der Waals surface area (Å²) in [5, 5.41) is 6.99. The van der Waals surface area contributed by atoms with Crippen LogP contribution in [0.5, 0.6) is 0 Å². The average Bonchev–Trinajstić information content (AvgIpc) is 3.05. The third kappa shape index (κ3) is 38.0. The van der Waals surface area contributed by atoms with Gasteiger partial charge in [-0.05, 0) is 46.7 Å². The minimum atomic E-state index is -0.475. The first-order valence-corrected chi connectivity index (χ1v) is 21.8. The normalized spacial score (nSPS) is 11.8. The van der Waals surface area contributed by atoms with Crippen LogP contribution in [0, 0.1) is 0 Å². The minimum absolute atomic E-state index is 0.235. The zero-order valence-electron chi connectivity index (χ0n) is 33.7. The van der Waals surface area contributed by atoms with Gasteiger partial charge in [-0.1, -0.05) is 206 Å². The van der Waals surface area contributed by atoms with Crippen LogP contribution in [0.3, 0.4) is 0 Å². The van der Waals surface area contributed by atoms with Gasteiger partial charge in [-0.2, -0.15) is 0 Å². The Labute approximate surface area is 302 Å². The lowest BCUT2D eigenvalue weighted by Gasteiger charge is -2.28. The zero-order valence-corrected chi connectivity index (χ0v) is 33.7. The number of hydrogen-bond donors (Lipinski definition) is 2. The zero-order chi connectivity index (χ0) is 35.2. The Kier molecular flexibility index (Phi) is 36.8. The van der Waals surface area contributed by atoms with E-state index < -0.39 is 5.60 Å². The highest BCUT2D eigenvalue weighted by atomic mass is 16.6. The van der Waals surface area contributed by atoms with Crippen molar-refractivity contribution in [1.29, 1.82) is 0 Å². The van der Waals surface area contributed by atoms with Gasteiger partial charge in [0.1, 0.15) is 5.60 Å². The molecule has 0 aromatic heterocycles. The maximum absolute atomic E-state index is 12.8. The van der Waals surface area contributed by atoms with Gasteiger partial charge < -0.3 is 4.74 Å². The van der Waals surface area contributed by atoms with Crippen molar-refractivity contribution in [3.05, 3.63) is 0 Å². The van der Waals surface area contributed by atoms with Gasteiger partial charge in [0.15, 0.2) is 0 Å². The van der Waals surface area contributed by atoms with Crippen molar-refractivity contribution in [2.45, 2.75) is 246 Å². The van der Waals surface area contributed by atoms with Gasteiger partial charge in [-0.15, -0.1) is 0 Å². The molecule has 0 unspecified atom stereocenters. The lowest BCUT2D eigenvalue weighted by molar-refractivity contribution is 0.0219. The van der Waals surface area contributed by atoms with E-state index in [2.05, 4.69) is 24.5 Å². The second-order valence-electron chi connectivity index (χ2n) is 15.9. The van der Waals surface area contributed by atoms with Gasteiger partial charge in [0.05, 0.1) is 13.3 Å². The van der Waals surface area contributed by atoms with Crippen molar-refractivity contribution in [2.24, 2.45) is 0 Å². The second kappa shape index (κ2) is 37.4. The lowest BCUT2D eigenvalue weighted by atomic mass is 10.0. The highest BCUT2D eigenvalue weighted by Gasteiger charge is 2.21. The van der Waals surface area contributed by atoms with Crippen LogP contribution in [0.4, 0.5) is 4.79 Å². The number of carbonyl (C=O) groups is 1. The first-order valence-electron chi connectivity index (χ1n) is 21.8. The summed E-state index contributed by atoms with van der Waals surface area (Å²) >= 11 is 0. The van der Waals surface area contributed by atoms with Crippen molar-refractivity contribution in [2.75, 3.05) is 26.4 Å². The molecule has 0 aliphatic carbocycles. The van der Waals surface area contributed by atoms with Gasteiger partial charge >= 0.3 is 6.09 Å². The van der Waals surface area contributed by atoms with Crippen molar-refractivity contribution < 1.29 is 9.53 Å². The number of nitrogens with one attached hydrogen (secondary N) is 2. The molecular weight excluding hydrogens is 590 g/mol. The summed E-state index contributed by atoms with van der Waals surface area (Å²) < 4.78 is 5.68. The van der Waals surface area contributed by atoms with E-state index in [1.165, 1.54) is 205 Å². The van der Waals surface area contributed by atoms with Crippen LogP contribution in [0.2, 0.25) is 0 Å². The average molecular weight is 680 g/mol. The number of ether oxygens (including phenoxy) is 1. The van der Waals surface area contributed by atoms with E-state index in [9.17, 15) is 4.79 Å². The van der Waals surface area contributed by atoms with Crippen LogP contribution >= 0.6 is 0 Å². The fraction of sp³-hybridized carbons (Fsp3) is 0.977. The molecule has 0 spiro atoms.